The van der Waals surface area contributed by atoms with E-state index in [1.165, 1.54) is 0 Å². The number of amides is 1. The molecule has 0 unspecified atom stereocenters. The number of carbonyl (C=O) groups is 1. The van der Waals surface area contributed by atoms with Crippen LogP contribution in [-0.2, 0) is 4.79 Å². The molecule has 136 valence electrons. The van der Waals surface area contributed by atoms with Crippen LogP contribution in [0.2, 0.25) is 0 Å². The van der Waals surface area contributed by atoms with Crippen LogP contribution in [0.3, 0.4) is 0 Å². The highest BCUT2D eigenvalue weighted by atomic mass is 16.2. The molecule has 4 heteroatoms. The fraction of sp³-hybridized carbons (Fsp3) is 0.318. The minimum absolute atomic E-state index is 0.0473. The number of benzene rings is 2. The van der Waals surface area contributed by atoms with E-state index in [1.807, 2.05) is 60.4 Å². The Kier molecular flexibility index (Phi) is 5.74. The van der Waals surface area contributed by atoms with Crippen LogP contribution in [0.4, 0.5) is 11.4 Å². The molecule has 0 bridgehead atoms. The van der Waals surface area contributed by atoms with Crippen molar-refractivity contribution in [3.05, 3.63) is 66.2 Å². The largest absolute Gasteiger partial charge is 0.367 e. The molecular formula is C22H27N3O. The third-order valence-electron chi connectivity index (χ3n) is 4.76. The first-order valence-corrected chi connectivity index (χ1v) is 9.10. The van der Waals surface area contributed by atoms with E-state index < -0.39 is 0 Å². The second-order valence-electron chi connectivity index (χ2n) is 6.96. The summed E-state index contributed by atoms with van der Waals surface area (Å²) in [6, 6.07) is 18.2. The molecule has 0 atom stereocenters. The molecule has 0 saturated heterocycles. The minimum Gasteiger partial charge on any atom is -0.367 e. The second-order valence-corrected chi connectivity index (χ2v) is 6.96. The average molecular weight is 349 g/mol. The van der Waals surface area contributed by atoms with Crippen LogP contribution in [-0.4, -0.2) is 51.1 Å². The number of anilines is 2. The first kappa shape index (κ1) is 18.2. The molecule has 2 aromatic rings. The SMILES string of the molecule is C/C(=C\C(=O)N1CCN(CCN(C)C)c2ccccc21)c1ccccc1. The lowest BCUT2D eigenvalue weighted by Gasteiger charge is -2.38. The maximum Gasteiger partial charge on any atom is 0.251 e. The third kappa shape index (κ3) is 4.14. The zero-order valence-electron chi connectivity index (χ0n) is 15.9. The molecule has 0 N–H and O–H groups in total. The molecule has 1 heterocycles. The second kappa shape index (κ2) is 8.19. The van der Waals surface area contributed by atoms with Crippen molar-refractivity contribution in [3.63, 3.8) is 0 Å². The van der Waals surface area contributed by atoms with Gasteiger partial charge in [-0.25, -0.2) is 0 Å². The minimum atomic E-state index is 0.0473. The predicted molar refractivity (Wildman–Crippen MR) is 110 cm³/mol. The quantitative estimate of drug-likeness (QED) is 0.773. The average Bonchev–Trinajstić information content (AvgIpc) is 2.66. The van der Waals surface area contributed by atoms with Crippen LogP contribution >= 0.6 is 0 Å². The van der Waals surface area contributed by atoms with Crippen molar-refractivity contribution in [2.24, 2.45) is 0 Å². The molecule has 3 rings (SSSR count). The van der Waals surface area contributed by atoms with Crippen LogP contribution in [0.25, 0.3) is 5.57 Å². The summed E-state index contributed by atoms with van der Waals surface area (Å²) in [5, 5.41) is 0. The number of carbonyl (C=O) groups excluding carboxylic acids is 1. The molecule has 1 aliphatic heterocycles. The highest BCUT2D eigenvalue weighted by Gasteiger charge is 2.25. The van der Waals surface area contributed by atoms with Gasteiger partial charge in [-0.2, -0.15) is 0 Å². The Bertz CT molecular complexity index is 783. The van der Waals surface area contributed by atoms with Crippen molar-refractivity contribution < 1.29 is 4.79 Å². The van der Waals surface area contributed by atoms with E-state index in [9.17, 15) is 4.79 Å². The molecule has 2 aromatic carbocycles. The number of rotatable bonds is 5. The topological polar surface area (TPSA) is 26.8 Å². The lowest BCUT2D eigenvalue weighted by atomic mass is 10.1. The zero-order valence-corrected chi connectivity index (χ0v) is 15.9. The van der Waals surface area contributed by atoms with Crippen LogP contribution < -0.4 is 9.80 Å². The molecule has 0 fully saturated rings. The van der Waals surface area contributed by atoms with E-state index in [4.69, 9.17) is 0 Å². The summed E-state index contributed by atoms with van der Waals surface area (Å²) >= 11 is 0. The van der Waals surface area contributed by atoms with Gasteiger partial charge in [0.05, 0.1) is 11.4 Å². The van der Waals surface area contributed by atoms with E-state index in [0.29, 0.717) is 6.54 Å². The predicted octanol–water partition coefficient (Wildman–Crippen LogP) is 3.50. The first-order valence-electron chi connectivity index (χ1n) is 9.10. The van der Waals surface area contributed by atoms with Crippen LogP contribution in [0, 0.1) is 0 Å². The smallest absolute Gasteiger partial charge is 0.251 e. The van der Waals surface area contributed by atoms with Gasteiger partial charge < -0.3 is 14.7 Å². The van der Waals surface area contributed by atoms with Gasteiger partial charge in [-0.15, -0.1) is 0 Å². The number of nitrogens with zero attached hydrogens (tertiary/aromatic N) is 3. The van der Waals surface area contributed by atoms with Gasteiger partial charge in [-0.05, 0) is 44.3 Å². The van der Waals surface area contributed by atoms with Gasteiger partial charge in [0.25, 0.3) is 5.91 Å². The van der Waals surface area contributed by atoms with Crippen molar-refractivity contribution in [1.29, 1.82) is 0 Å². The van der Waals surface area contributed by atoms with Gasteiger partial charge in [0, 0.05) is 32.3 Å². The molecule has 26 heavy (non-hydrogen) atoms. The maximum atomic E-state index is 12.9. The Hall–Kier alpha value is -2.59. The molecular weight excluding hydrogens is 322 g/mol. The summed E-state index contributed by atoms with van der Waals surface area (Å²) < 4.78 is 0. The highest BCUT2D eigenvalue weighted by molar-refractivity contribution is 6.07. The lowest BCUT2D eigenvalue weighted by molar-refractivity contribution is -0.114. The Morgan fingerprint density at radius 2 is 1.65 bits per heavy atom. The van der Waals surface area contributed by atoms with Gasteiger partial charge in [-0.1, -0.05) is 42.5 Å². The monoisotopic (exact) mass is 349 g/mol. The third-order valence-corrected chi connectivity index (χ3v) is 4.76. The first-order chi connectivity index (χ1) is 12.6. The number of allylic oxidation sites excluding steroid dienone is 1. The fourth-order valence-corrected chi connectivity index (χ4v) is 3.25. The van der Waals surface area contributed by atoms with Crippen molar-refractivity contribution in [2.45, 2.75) is 6.92 Å². The molecule has 4 nitrogen and oxygen atoms in total. The Labute approximate surface area is 156 Å². The maximum absolute atomic E-state index is 12.9. The van der Waals surface area contributed by atoms with Gasteiger partial charge >= 0.3 is 0 Å². The number of hydrogen-bond acceptors (Lipinski definition) is 3. The van der Waals surface area contributed by atoms with Crippen molar-refractivity contribution in [3.8, 4) is 0 Å². The number of likely N-dealkylation sites (N-methyl/N-ethyl adjacent to an activating group) is 1. The zero-order chi connectivity index (χ0) is 18.5. The number of para-hydroxylation sites is 2. The Balaban J connectivity index is 1.82. The molecule has 0 saturated carbocycles. The summed E-state index contributed by atoms with van der Waals surface area (Å²) in [6.45, 7) is 5.52. The van der Waals surface area contributed by atoms with Gasteiger partial charge in [-0.3, -0.25) is 4.79 Å². The highest BCUT2D eigenvalue weighted by Crippen LogP contribution is 2.33. The van der Waals surface area contributed by atoms with Crippen molar-refractivity contribution in [1.82, 2.24) is 4.90 Å². The normalized spacial score (nSPS) is 14.5. The van der Waals surface area contributed by atoms with E-state index >= 15 is 0 Å². The summed E-state index contributed by atoms with van der Waals surface area (Å²) in [7, 11) is 4.17. The summed E-state index contributed by atoms with van der Waals surface area (Å²) in [4.78, 5) is 19.4. The van der Waals surface area contributed by atoms with Crippen molar-refractivity contribution in [2.75, 3.05) is 50.1 Å². The molecule has 0 aliphatic carbocycles. The van der Waals surface area contributed by atoms with Crippen LogP contribution in [0.1, 0.15) is 12.5 Å². The number of hydrogen-bond donors (Lipinski definition) is 0. The Morgan fingerprint density at radius 3 is 2.35 bits per heavy atom. The molecule has 1 amide bonds. The van der Waals surface area contributed by atoms with E-state index in [-0.39, 0.29) is 5.91 Å². The number of fused-ring (bicyclic) bond motifs is 1. The molecule has 0 spiro atoms. The van der Waals surface area contributed by atoms with Gasteiger partial charge in [0.15, 0.2) is 0 Å². The van der Waals surface area contributed by atoms with Crippen LogP contribution in [0.15, 0.2) is 60.7 Å². The van der Waals surface area contributed by atoms with E-state index in [2.05, 4.69) is 30.0 Å². The molecule has 0 aromatic heterocycles. The Morgan fingerprint density at radius 1 is 1.00 bits per heavy atom. The molecule has 0 radical (unpaired) electrons. The van der Waals surface area contributed by atoms with Crippen LogP contribution in [0.5, 0.6) is 0 Å². The van der Waals surface area contributed by atoms with Crippen molar-refractivity contribution >= 4 is 22.9 Å². The van der Waals surface area contributed by atoms with Gasteiger partial charge in [0.2, 0.25) is 0 Å². The summed E-state index contributed by atoms with van der Waals surface area (Å²) in [6.07, 6.45) is 1.75. The summed E-state index contributed by atoms with van der Waals surface area (Å²) in [5.74, 6) is 0.0473. The standard InChI is InChI=1S/C22H27N3O/c1-18(19-9-5-4-6-10-19)17-22(26)25-16-15-24(14-13-23(2)3)20-11-7-8-12-21(20)25/h4-12,17H,13-16H2,1-3H3/b18-17+. The lowest BCUT2D eigenvalue weighted by Crippen LogP contribution is -2.45. The van der Waals surface area contributed by atoms with E-state index in [1.54, 1.807) is 6.08 Å². The van der Waals surface area contributed by atoms with Gasteiger partial charge in [0.1, 0.15) is 0 Å². The summed E-state index contributed by atoms with van der Waals surface area (Å²) in [5.41, 5.74) is 4.21. The van der Waals surface area contributed by atoms with E-state index in [0.717, 1.165) is 42.1 Å². The fourth-order valence-electron chi connectivity index (χ4n) is 3.25. The molecule has 1 aliphatic rings.